The van der Waals surface area contributed by atoms with E-state index in [1.54, 1.807) is 0 Å². The number of rotatable bonds is 3. The van der Waals surface area contributed by atoms with Crippen molar-refractivity contribution in [3.63, 3.8) is 0 Å². The molecular formula is C9H4F3NO5S. The van der Waals surface area contributed by atoms with E-state index in [1.807, 2.05) is 0 Å². The van der Waals surface area contributed by atoms with Crippen LogP contribution in [-0.2, 0) is 10.1 Å². The molecule has 0 saturated carbocycles. The van der Waals surface area contributed by atoms with Gasteiger partial charge >= 0.3 is 21.6 Å². The van der Waals surface area contributed by atoms with Gasteiger partial charge in [-0.1, -0.05) is 0 Å². The third kappa shape index (κ3) is 3.14. The third-order valence-corrected chi connectivity index (χ3v) is 2.80. The summed E-state index contributed by atoms with van der Waals surface area (Å²) in [5, 5.41) is 17.2. The second-order valence-electron chi connectivity index (χ2n) is 3.11. The number of carboxylic acids is 1. The molecule has 0 unspecified atom stereocenters. The van der Waals surface area contributed by atoms with Crippen LogP contribution in [0.4, 0.5) is 13.2 Å². The van der Waals surface area contributed by atoms with Crippen LogP contribution in [0, 0.1) is 11.3 Å². The Hall–Kier alpha value is -2.28. The Morgan fingerprint density at radius 2 is 1.95 bits per heavy atom. The smallest absolute Gasteiger partial charge is 0.478 e. The van der Waals surface area contributed by atoms with Gasteiger partial charge in [0, 0.05) is 0 Å². The molecule has 0 aliphatic heterocycles. The molecule has 1 aromatic carbocycles. The number of carbonyl (C=O) groups is 1. The Morgan fingerprint density at radius 1 is 1.37 bits per heavy atom. The minimum absolute atomic E-state index is 0.395. The average molecular weight is 295 g/mol. The number of benzene rings is 1. The lowest BCUT2D eigenvalue weighted by atomic mass is 10.1. The Kier molecular flexibility index (Phi) is 3.71. The van der Waals surface area contributed by atoms with Gasteiger partial charge in [0.05, 0.1) is 11.1 Å². The van der Waals surface area contributed by atoms with Crippen molar-refractivity contribution in [3.05, 3.63) is 29.3 Å². The number of nitrogens with zero attached hydrogens (tertiary/aromatic N) is 1. The molecule has 0 saturated heterocycles. The Morgan fingerprint density at radius 3 is 2.37 bits per heavy atom. The number of carboxylic acid groups (broad SMARTS) is 1. The lowest BCUT2D eigenvalue weighted by molar-refractivity contribution is -0.0500. The van der Waals surface area contributed by atoms with E-state index in [1.165, 1.54) is 6.07 Å². The minimum atomic E-state index is -5.92. The summed E-state index contributed by atoms with van der Waals surface area (Å²) in [7, 11) is -5.92. The average Bonchev–Trinajstić information content (AvgIpc) is 2.27. The molecule has 102 valence electrons. The predicted octanol–water partition coefficient (Wildman–Crippen LogP) is 1.48. The molecule has 10 heteroatoms. The van der Waals surface area contributed by atoms with Gasteiger partial charge in [0.25, 0.3) is 0 Å². The highest BCUT2D eigenvalue weighted by molar-refractivity contribution is 7.88. The number of hydrogen-bond donors (Lipinski definition) is 1. The zero-order valence-corrected chi connectivity index (χ0v) is 9.62. The summed E-state index contributed by atoms with van der Waals surface area (Å²) in [5.74, 6) is -2.33. The van der Waals surface area contributed by atoms with Crippen LogP contribution in [0.3, 0.4) is 0 Å². The van der Waals surface area contributed by atoms with Crippen LogP contribution in [-0.4, -0.2) is 25.0 Å². The molecule has 0 bridgehead atoms. The zero-order chi connectivity index (χ0) is 14.8. The van der Waals surface area contributed by atoms with Gasteiger partial charge < -0.3 is 9.29 Å². The Labute approximate surface area is 104 Å². The number of alkyl halides is 3. The van der Waals surface area contributed by atoms with E-state index in [4.69, 9.17) is 10.4 Å². The molecule has 0 atom stereocenters. The molecule has 0 amide bonds. The van der Waals surface area contributed by atoms with Gasteiger partial charge in [-0.15, -0.1) is 0 Å². The molecule has 19 heavy (non-hydrogen) atoms. The summed E-state index contributed by atoms with van der Waals surface area (Å²) in [6.07, 6.45) is 0. The molecule has 0 aliphatic rings. The summed E-state index contributed by atoms with van der Waals surface area (Å²) in [6, 6.07) is 3.51. The topological polar surface area (TPSA) is 104 Å². The fourth-order valence-corrected chi connectivity index (χ4v) is 1.46. The summed E-state index contributed by atoms with van der Waals surface area (Å²) in [4.78, 5) is 10.6. The van der Waals surface area contributed by atoms with E-state index in [0.29, 0.717) is 12.1 Å². The molecule has 0 aromatic heterocycles. The molecule has 0 heterocycles. The largest absolute Gasteiger partial charge is 0.534 e. The van der Waals surface area contributed by atoms with E-state index < -0.39 is 38.5 Å². The van der Waals surface area contributed by atoms with Crippen molar-refractivity contribution < 1.29 is 35.7 Å². The standard InChI is InChI=1S/C9H4F3NO5S/c10-9(11,12)19(16,17)18-7-2-1-5(8(14)15)3-6(7)4-13/h1-3H,(H,14,15). The lowest BCUT2D eigenvalue weighted by Gasteiger charge is -2.10. The molecule has 1 N–H and O–H groups in total. The van der Waals surface area contributed by atoms with Crippen molar-refractivity contribution in [1.29, 1.82) is 5.26 Å². The number of nitriles is 1. The first-order valence-corrected chi connectivity index (χ1v) is 5.77. The maximum absolute atomic E-state index is 12.1. The molecule has 6 nitrogen and oxygen atoms in total. The Balaban J connectivity index is 3.25. The van der Waals surface area contributed by atoms with E-state index in [-0.39, 0.29) is 0 Å². The predicted molar refractivity (Wildman–Crippen MR) is 53.7 cm³/mol. The number of aromatic carboxylic acids is 1. The maximum atomic E-state index is 12.1. The molecule has 0 fully saturated rings. The van der Waals surface area contributed by atoms with Crippen LogP contribution in [0.2, 0.25) is 0 Å². The quantitative estimate of drug-likeness (QED) is 0.669. The third-order valence-electron chi connectivity index (χ3n) is 1.83. The van der Waals surface area contributed by atoms with Gasteiger partial charge in [-0.25, -0.2) is 4.79 Å². The summed E-state index contributed by atoms with van der Waals surface area (Å²) in [6.45, 7) is 0. The van der Waals surface area contributed by atoms with Crippen LogP contribution in [0.15, 0.2) is 18.2 Å². The number of hydrogen-bond acceptors (Lipinski definition) is 5. The lowest BCUT2D eigenvalue weighted by Crippen LogP contribution is -2.28. The normalized spacial score (nSPS) is 11.7. The van der Waals surface area contributed by atoms with Crippen molar-refractivity contribution in [1.82, 2.24) is 0 Å². The minimum Gasteiger partial charge on any atom is -0.478 e. The molecule has 0 aliphatic carbocycles. The maximum Gasteiger partial charge on any atom is 0.534 e. The molecule has 0 radical (unpaired) electrons. The first-order valence-electron chi connectivity index (χ1n) is 4.36. The van der Waals surface area contributed by atoms with Crippen molar-refractivity contribution in [2.24, 2.45) is 0 Å². The van der Waals surface area contributed by atoms with Gasteiger partial charge in [0.2, 0.25) is 0 Å². The van der Waals surface area contributed by atoms with Gasteiger partial charge in [0.15, 0.2) is 5.75 Å². The molecule has 1 rings (SSSR count). The van der Waals surface area contributed by atoms with Crippen LogP contribution >= 0.6 is 0 Å². The SMILES string of the molecule is N#Cc1cc(C(=O)O)ccc1OS(=O)(=O)C(F)(F)F. The summed E-state index contributed by atoms with van der Waals surface area (Å²) >= 11 is 0. The summed E-state index contributed by atoms with van der Waals surface area (Å²) in [5.41, 5.74) is -6.69. The highest BCUT2D eigenvalue weighted by atomic mass is 32.2. The molecule has 1 aromatic rings. The van der Waals surface area contributed by atoms with Crippen molar-refractivity contribution >= 4 is 16.1 Å². The second-order valence-corrected chi connectivity index (χ2v) is 4.65. The summed E-state index contributed by atoms with van der Waals surface area (Å²) < 4.78 is 61.4. The van der Waals surface area contributed by atoms with Gasteiger partial charge in [0.1, 0.15) is 6.07 Å². The second kappa shape index (κ2) is 4.77. The highest BCUT2D eigenvalue weighted by Gasteiger charge is 2.48. The van der Waals surface area contributed by atoms with Gasteiger partial charge in [-0.05, 0) is 18.2 Å². The highest BCUT2D eigenvalue weighted by Crippen LogP contribution is 2.29. The zero-order valence-electron chi connectivity index (χ0n) is 8.80. The van der Waals surface area contributed by atoms with Gasteiger partial charge in [-0.2, -0.15) is 26.9 Å². The monoisotopic (exact) mass is 295 g/mol. The van der Waals surface area contributed by atoms with E-state index in [0.717, 1.165) is 6.07 Å². The molecule has 0 spiro atoms. The molecular weight excluding hydrogens is 291 g/mol. The fourth-order valence-electron chi connectivity index (χ4n) is 0.988. The first kappa shape index (κ1) is 14.8. The fraction of sp³-hybridized carbons (Fsp3) is 0.111. The van der Waals surface area contributed by atoms with Crippen LogP contribution < -0.4 is 4.18 Å². The van der Waals surface area contributed by atoms with E-state index >= 15 is 0 Å². The first-order chi connectivity index (χ1) is 8.58. The van der Waals surface area contributed by atoms with E-state index in [2.05, 4.69) is 4.18 Å². The van der Waals surface area contributed by atoms with Crippen LogP contribution in [0.25, 0.3) is 0 Å². The number of halogens is 3. The Bertz CT molecular complexity index is 659. The van der Waals surface area contributed by atoms with Crippen molar-refractivity contribution in [2.75, 3.05) is 0 Å². The van der Waals surface area contributed by atoms with Crippen molar-refractivity contribution in [3.8, 4) is 11.8 Å². The van der Waals surface area contributed by atoms with Crippen LogP contribution in [0.5, 0.6) is 5.75 Å². The van der Waals surface area contributed by atoms with E-state index in [9.17, 15) is 26.4 Å². The van der Waals surface area contributed by atoms with Gasteiger partial charge in [-0.3, -0.25) is 0 Å². The van der Waals surface area contributed by atoms with Crippen molar-refractivity contribution in [2.45, 2.75) is 5.51 Å². The van der Waals surface area contributed by atoms with Crippen LogP contribution in [0.1, 0.15) is 15.9 Å².